The second-order valence-electron chi connectivity index (χ2n) is 4.65. The van der Waals surface area contributed by atoms with Crippen molar-refractivity contribution in [2.45, 2.75) is 6.61 Å². The zero-order valence-electron chi connectivity index (χ0n) is 12.1. The molecule has 0 saturated carbocycles. The predicted molar refractivity (Wildman–Crippen MR) is 87.0 cm³/mol. The summed E-state index contributed by atoms with van der Waals surface area (Å²) in [5.41, 5.74) is 0.784. The van der Waals surface area contributed by atoms with Gasteiger partial charge in [-0.05, 0) is 48.5 Å². The van der Waals surface area contributed by atoms with E-state index in [4.69, 9.17) is 21.1 Å². The van der Waals surface area contributed by atoms with Crippen LogP contribution in [0.1, 0.15) is 16.1 Å². The summed E-state index contributed by atoms with van der Waals surface area (Å²) >= 11 is 6.87. The molecule has 0 saturated heterocycles. The van der Waals surface area contributed by atoms with Crippen LogP contribution in [0.3, 0.4) is 0 Å². The van der Waals surface area contributed by atoms with Gasteiger partial charge in [0, 0.05) is 11.5 Å². The number of carbonyl (C=O) groups excluding carboxylic acids is 1. The Hall–Kier alpha value is -2.51. The van der Waals surface area contributed by atoms with Crippen LogP contribution < -0.4 is 4.74 Å². The van der Waals surface area contributed by atoms with Crippen molar-refractivity contribution >= 4 is 29.1 Å². The van der Waals surface area contributed by atoms with Crippen LogP contribution in [0.15, 0.2) is 48.5 Å². The maximum atomic E-state index is 12.8. The van der Waals surface area contributed by atoms with Gasteiger partial charge in [-0.2, -0.15) is 0 Å². The molecule has 0 fully saturated rings. The van der Waals surface area contributed by atoms with E-state index in [9.17, 15) is 9.18 Å². The van der Waals surface area contributed by atoms with Crippen molar-refractivity contribution < 1.29 is 18.7 Å². The molecule has 122 valence electrons. The van der Waals surface area contributed by atoms with Gasteiger partial charge in [-0.3, -0.25) is 0 Å². The standard InChI is InChI=1S/C16H10ClFN2O3S/c17-15-14(19-20-24-15)9-22-16(21)10-1-5-12(6-2-10)23-13-7-3-11(18)4-8-13/h1-8H,9H2. The van der Waals surface area contributed by atoms with Gasteiger partial charge in [0.05, 0.1) is 5.56 Å². The van der Waals surface area contributed by atoms with Gasteiger partial charge in [0.15, 0.2) is 0 Å². The van der Waals surface area contributed by atoms with Crippen LogP contribution >= 0.6 is 23.1 Å². The minimum absolute atomic E-state index is 0.0397. The van der Waals surface area contributed by atoms with E-state index in [1.165, 1.54) is 24.3 Å². The summed E-state index contributed by atoms with van der Waals surface area (Å²) in [6.45, 7) is -0.0397. The third-order valence-corrected chi connectivity index (χ3v) is 3.97. The quantitative estimate of drug-likeness (QED) is 0.625. The van der Waals surface area contributed by atoms with Crippen LogP contribution in [0.25, 0.3) is 0 Å². The Morgan fingerprint density at radius 3 is 2.29 bits per heavy atom. The first-order valence-corrected chi connectivity index (χ1v) is 7.94. The maximum absolute atomic E-state index is 12.8. The van der Waals surface area contributed by atoms with E-state index in [0.29, 0.717) is 27.1 Å². The van der Waals surface area contributed by atoms with Crippen molar-refractivity contribution in [3.63, 3.8) is 0 Å². The second-order valence-corrected chi connectivity index (χ2v) is 6.01. The smallest absolute Gasteiger partial charge is 0.338 e. The Bertz CT molecular complexity index is 837. The van der Waals surface area contributed by atoms with E-state index in [-0.39, 0.29) is 12.4 Å². The van der Waals surface area contributed by atoms with Crippen LogP contribution in [-0.2, 0) is 11.3 Å². The summed E-state index contributed by atoms with van der Waals surface area (Å²) in [6, 6.07) is 12.0. The van der Waals surface area contributed by atoms with Gasteiger partial charge in [0.25, 0.3) is 0 Å². The highest BCUT2D eigenvalue weighted by Gasteiger charge is 2.11. The van der Waals surface area contributed by atoms with Gasteiger partial charge >= 0.3 is 5.97 Å². The van der Waals surface area contributed by atoms with E-state index < -0.39 is 5.97 Å². The molecule has 1 aromatic heterocycles. The molecule has 24 heavy (non-hydrogen) atoms. The summed E-state index contributed by atoms with van der Waals surface area (Å²) in [5, 5.41) is 3.76. The van der Waals surface area contributed by atoms with Gasteiger partial charge in [-0.15, -0.1) is 5.10 Å². The first-order chi connectivity index (χ1) is 11.6. The molecule has 0 aliphatic carbocycles. The number of hydrogen-bond donors (Lipinski definition) is 0. The topological polar surface area (TPSA) is 61.3 Å². The molecular formula is C16H10ClFN2O3S. The van der Waals surface area contributed by atoms with Crippen molar-refractivity contribution in [3.05, 3.63) is 69.9 Å². The lowest BCUT2D eigenvalue weighted by Gasteiger charge is -2.07. The minimum atomic E-state index is -0.507. The Labute approximate surface area is 145 Å². The molecule has 0 spiro atoms. The third kappa shape index (κ3) is 4.06. The largest absolute Gasteiger partial charge is 0.457 e. The number of halogens is 2. The summed E-state index contributed by atoms with van der Waals surface area (Å²) in [5.74, 6) is 0.172. The van der Waals surface area contributed by atoms with E-state index in [1.54, 1.807) is 24.3 Å². The number of rotatable bonds is 5. The van der Waals surface area contributed by atoms with Crippen LogP contribution in [0.2, 0.25) is 4.34 Å². The minimum Gasteiger partial charge on any atom is -0.457 e. The Kier molecular flexibility index (Phi) is 5.02. The second kappa shape index (κ2) is 7.37. The first-order valence-electron chi connectivity index (χ1n) is 6.79. The molecular weight excluding hydrogens is 355 g/mol. The number of carbonyl (C=O) groups is 1. The highest BCUT2D eigenvalue weighted by Crippen LogP contribution is 2.22. The van der Waals surface area contributed by atoms with Crippen LogP contribution in [0, 0.1) is 5.82 Å². The molecule has 0 unspecified atom stereocenters. The SMILES string of the molecule is O=C(OCc1nnsc1Cl)c1ccc(Oc2ccc(F)cc2)cc1. The van der Waals surface area contributed by atoms with E-state index in [0.717, 1.165) is 11.5 Å². The van der Waals surface area contributed by atoms with Crippen molar-refractivity contribution in [3.8, 4) is 11.5 Å². The van der Waals surface area contributed by atoms with Gasteiger partial charge < -0.3 is 9.47 Å². The van der Waals surface area contributed by atoms with Crippen molar-refractivity contribution in [2.24, 2.45) is 0 Å². The van der Waals surface area contributed by atoms with E-state index >= 15 is 0 Å². The summed E-state index contributed by atoms with van der Waals surface area (Å²) in [7, 11) is 0. The molecule has 5 nitrogen and oxygen atoms in total. The average molecular weight is 365 g/mol. The van der Waals surface area contributed by atoms with Gasteiger partial charge in [-0.1, -0.05) is 16.1 Å². The van der Waals surface area contributed by atoms with Gasteiger partial charge in [0.2, 0.25) is 0 Å². The molecule has 3 rings (SSSR count). The van der Waals surface area contributed by atoms with Gasteiger partial charge in [0.1, 0.15) is 34.0 Å². The third-order valence-electron chi connectivity index (χ3n) is 2.99. The van der Waals surface area contributed by atoms with E-state index in [2.05, 4.69) is 9.59 Å². The summed E-state index contributed by atoms with van der Waals surface area (Å²) in [6.07, 6.45) is 0. The fourth-order valence-electron chi connectivity index (χ4n) is 1.80. The molecule has 0 radical (unpaired) electrons. The molecule has 1 heterocycles. The molecule has 8 heteroatoms. The summed E-state index contributed by atoms with van der Waals surface area (Å²) in [4.78, 5) is 12.0. The highest BCUT2D eigenvalue weighted by molar-refractivity contribution is 7.10. The Morgan fingerprint density at radius 1 is 1.08 bits per heavy atom. The van der Waals surface area contributed by atoms with Crippen LogP contribution in [0.5, 0.6) is 11.5 Å². The zero-order chi connectivity index (χ0) is 16.9. The van der Waals surface area contributed by atoms with Crippen molar-refractivity contribution in [1.82, 2.24) is 9.59 Å². The fraction of sp³-hybridized carbons (Fsp3) is 0.0625. The molecule has 2 aromatic carbocycles. The molecule has 0 aliphatic rings. The average Bonchev–Trinajstić information content (AvgIpc) is 3.00. The number of aromatic nitrogens is 2. The lowest BCUT2D eigenvalue weighted by molar-refractivity contribution is 0.0468. The van der Waals surface area contributed by atoms with Crippen molar-refractivity contribution in [2.75, 3.05) is 0 Å². The lowest BCUT2D eigenvalue weighted by atomic mass is 10.2. The zero-order valence-corrected chi connectivity index (χ0v) is 13.7. The normalized spacial score (nSPS) is 10.4. The number of esters is 1. The predicted octanol–water partition coefficient (Wildman–Crippen LogP) is 4.48. The first kappa shape index (κ1) is 16.4. The number of ether oxygens (including phenoxy) is 2. The molecule has 0 amide bonds. The fourth-order valence-corrected chi connectivity index (χ4v) is 2.40. The van der Waals surface area contributed by atoms with Crippen LogP contribution in [0.4, 0.5) is 4.39 Å². The molecule has 0 N–H and O–H groups in total. The molecule has 3 aromatic rings. The van der Waals surface area contributed by atoms with Crippen molar-refractivity contribution in [1.29, 1.82) is 0 Å². The van der Waals surface area contributed by atoms with E-state index in [1.807, 2.05) is 0 Å². The molecule has 0 aliphatic heterocycles. The molecule has 0 bridgehead atoms. The van der Waals surface area contributed by atoms with Gasteiger partial charge in [-0.25, -0.2) is 9.18 Å². The van der Waals surface area contributed by atoms with Crippen LogP contribution in [-0.4, -0.2) is 15.6 Å². The summed E-state index contributed by atoms with van der Waals surface area (Å²) < 4.78 is 27.6. The molecule has 0 atom stereocenters. The lowest BCUT2D eigenvalue weighted by Crippen LogP contribution is -2.05. The maximum Gasteiger partial charge on any atom is 0.338 e. The number of benzene rings is 2. The highest BCUT2D eigenvalue weighted by atomic mass is 35.5. The Balaban J connectivity index is 1.60. The Morgan fingerprint density at radius 2 is 1.71 bits per heavy atom. The number of nitrogens with zero attached hydrogens (tertiary/aromatic N) is 2. The monoisotopic (exact) mass is 364 g/mol. The number of hydrogen-bond acceptors (Lipinski definition) is 6.